The van der Waals surface area contributed by atoms with Crippen molar-refractivity contribution in [3.05, 3.63) is 23.9 Å². The van der Waals surface area contributed by atoms with Gasteiger partial charge < -0.3 is 10.6 Å². The Bertz CT molecular complexity index is 279. The van der Waals surface area contributed by atoms with Gasteiger partial charge in [-0.3, -0.25) is 0 Å². The van der Waals surface area contributed by atoms with Crippen LogP contribution in [0.1, 0.15) is 38.3 Å². The zero-order valence-electron chi connectivity index (χ0n) is 9.90. The third-order valence-electron chi connectivity index (χ3n) is 2.53. The van der Waals surface area contributed by atoms with E-state index < -0.39 is 0 Å². The first-order valence-electron chi connectivity index (χ1n) is 5.57. The highest BCUT2D eigenvalue weighted by molar-refractivity contribution is 5.38. The number of hydrogen-bond donors (Lipinski definition) is 1. The van der Waals surface area contributed by atoms with Crippen LogP contribution in [0.2, 0.25) is 0 Å². The molecule has 0 saturated heterocycles. The molecule has 1 aromatic rings. The fourth-order valence-corrected chi connectivity index (χ4v) is 1.40. The second-order valence-corrected chi connectivity index (χ2v) is 4.01. The first-order chi connectivity index (χ1) is 7.15. The minimum absolute atomic E-state index is 0.0625. The van der Waals surface area contributed by atoms with E-state index in [1.54, 1.807) is 0 Å². The summed E-state index contributed by atoms with van der Waals surface area (Å²) in [5.41, 5.74) is 6.85. The molecule has 0 bridgehead atoms. The van der Waals surface area contributed by atoms with E-state index in [4.69, 9.17) is 5.73 Å². The Labute approximate surface area is 92.3 Å². The quantitative estimate of drug-likeness (QED) is 0.805. The summed E-state index contributed by atoms with van der Waals surface area (Å²) < 4.78 is 0. The fraction of sp³-hybridized carbons (Fsp3) is 0.583. The summed E-state index contributed by atoms with van der Waals surface area (Å²) in [6.45, 7) is 5.22. The van der Waals surface area contributed by atoms with E-state index in [2.05, 4.69) is 29.9 Å². The first-order valence-corrected chi connectivity index (χ1v) is 5.57. The van der Waals surface area contributed by atoms with Crippen molar-refractivity contribution in [1.29, 1.82) is 0 Å². The minimum Gasteiger partial charge on any atom is -0.360 e. The zero-order valence-corrected chi connectivity index (χ0v) is 9.90. The topological polar surface area (TPSA) is 42.1 Å². The first kappa shape index (κ1) is 12.0. The number of rotatable bonds is 5. The minimum atomic E-state index is 0.0625. The molecule has 0 fully saturated rings. The standard InChI is InChI=1S/C12H21N3/c1-4-5-8-15(3)12-7-6-11(9-14-12)10(2)13/h6-7,9-10H,4-5,8,13H2,1-3H3/t10-/m1/s1. The molecule has 0 aliphatic heterocycles. The number of aromatic nitrogens is 1. The van der Waals surface area contributed by atoms with Gasteiger partial charge in [0.15, 0.2) is 0 Å². The Morgan fingerprint density at radius 2 is 2.20 bits per heavy atom. The maximum atomic E-state index is 5.77. The third kappa shape index (κ3) is 3.51. The molecule has 0 amide bonds. The van der Waals surface area contributed by atoms with Crippen molar-refractivity contribution in [2.24, 2.45) is 5.73 Å². The van der Waals surface area contributed by atoms with Gasteiger partial charge >= 0.3 is 0 Å². The molecule has 3 heteroatoms. The third-order valence-corrected chi connectivity index (χ3v) is 2.53. The lowest BCUT2D eigenvalue weighted by Gasteiger charge is -2.18. The smallest absolute Gasteiger partial charge is 0.128 e. The molecule has 0 radical (unpaired) electrons. The van der Waals surface area contributed by atoms with E-state index in [1.807, 2.05) is 19.2 Å². The van der Waals surface area contributed by atoms with Crippen molar-refractivity contribution < 1.29 is 0 Å². The maximum absolute atomic E-state index is 5.77. The van der Waals surface area contributed by atoms with E-state index >= 15 is 0 Å². The van der Waals surface area contributed by atoms with Crippen LogP contribution in [-0.2, 0) is 0 Å². The number of anilines is 1. The van der Waals surface area contributed by atoms with Crippen LogP contribution in [0.3, 0.4) is 0 Å². The maximum Gasteiger partial charge on any atom is 0.128 e. The van der Waals surface area contributed by atoms with Crippen LogP contribution in [0.25, 0.3) is 0 Å². The average Bonchev–Trinajstić information content (AvgIpc) is 2.26. The van der Waals surface area contributed by atoms with E-state index in [9.17, 15) is 0 Å². The normalized spacial score (nSPS) is 12.5. The Morgan fingerprint density at radius 1 is 1.47 bits per heavy atom. The van der Waals surface area contributed by atoms with Gasteiger partial charge in [0.1, 0.15) is 5.82 Å². The lowest BCUT2D eigenvalue weighted by Crippen LogP contribution is -2.19. The van der Waals surface area contributed by atoms with Crippen LogP contribution >= 0.6 is 0 Å². The summed E-state index contributed by atoms with van der Waals surface area (Å²) in [4.78, 5) is 6.57. The van der Waals surface area contributed by atoms with Gasteiger partial charge in [-0.2, -0.15) is 0 Å². The molecule has 0 spiro atoms. The molecule has 1 aromatic heterocycles. The molecule has 1 atom stereocenters. The number of nitrogens with zero attached hydrogens (tertiary/aromatic N) is 2. The van der Waals surface area contributed by atoms with Gasteiger partial charge in [0.05, 0.1) is 0 Å². The summed E-state index contributed by atoms with van der Waals surface area (Å²) in [6.07, 6.45) is 4.28. The van der Waals surface area contributed by atoms with Crippen molar-refractivity contribution >= 4 is 5.82 Å². The summed E-state index contributed by atoms with van der Waals surface area (Å²) in [7, 11) is 2.07. The molecular formula is C12H21N3. The summed E-state index contributed by atoms with van der Waals surface area (Å²) >= 11 is 0. The molecule has 1 rings (SSSR count). The summed E-state index contributed by atoms with van der Waals surface area (Å²) in [6, 6.07) is 4.15. The Hall–Kier alpha value is -1.09. The molecule has 15 heavy (non-hydrogen) atoms. The van der Waals surface area contributed by atoms with Gasteiger partial charge in [0.25, 0.3) is 0 Å². The van der Waals surface area contributed by atoms with Crippen LogP contribution in [-0.4, -0.2) is 18.6 Å². The van der Waals surface area contributed by atoms with Crippen LogP contribution in [0, 0.1) is 0 Å². The van der Waals surface area contributed by atoms with Gasteiger partial charge in [0.2, 0.25) is 0 Å². The Kier molecular flexibility index (Phi) is 4.56. The largest absolute Gasteiger partial charge is 0.360 e. The molecule has 3 nitrogen and oxygen atoms in total. The molecule has 0 unspecified atom stereocenters. The molecule has 2 N–H and O–H groups in total. The van der Waals surface area contributed by atoms with Crippen molar-refractivity contribution in [1.82, 2.24) is 4.98 Å². The Balaban J connectivity index is 2.62. The average molecular weight is 207 g/mol. The van der Waals surface area contributed by atoms with Gasteiger partial charge in [-0.1, -0.05) is 19.4 Å². The van der Waals surface area contributed by atoms with Crippen molar-refractivity contribution in [2.45, 2.75) is 32.7 Å². The van der Waals surface area contributed by atoms with Crippen LogP contribution in [0.5, 0.6) is 0 Å². The Morgan fingerprint density at radius 3 is 2.67 bits per heavy atom. The molecular weight excluding hydrogens is 186 g/mol. The van der Waals surface area contributed by atoms with Crippen molar-refractivity contribution in [3.63, 3.8) is 0 Å². The molecule has 1 heterocycles. The SMILES string of the molecule is CCCCN(C)c1ccc([C@@H](C)N)cn1. The number of hydrogen-bond acceptors (Lipinski definition) is 3. The van der Waals surface area contributed by atoms with Crippen LogP contribution in [0.4, 0.5) is 5.82 Å². The molecule has 0 saturated carbocycles. The van der Waals surface area contributed by atoms with E-state index in [1.165, 1.54) is 12.8 Å². The number of nitrogens with two attached hydrogens (primary N) is 1. The molecule has 84 valence electrons. The molecule has 0 aliphatic rings. The second-order valence-electron chi connectivity index (χ2n) is 4.01. The zero-order chi connectivity index (χ0) is 11.3. The predicted octanol–water partition coefficient (Wildman–Crippen LogP) is 2.34. The number of unbranched alkanes of at least 4 members (excludes halogenated alkanes) is 1. The second kappa shape index (κ2) is 5.71. The highest BCUT2D eigenvalue weighted by Crippen LogP contribution is 2.13. The summed E-state index contributed by atoms with van der Waals surface area (Å²) in [5.74, 6) is 1.02. The fourth-order valence-electron chi connectivity index (χ4n) is 1.40. The monoisotopic (exact) mass is 207 g/mol. The van der Waals surface area contributed by atoms with Crippen LogP contribution < -0.4 is 10.6 Å². The van der Waals surface area contributed by atoms with Gasteiger partial charge in [-0.25, -0.2) is 4.98 Å². The van der Waals surface area contributed by atoms with E-state index in [-0.39, 0.29) is 6.04 Å². The van der Waals surface area contributed by atoms with Gasteiger partial charge in [-0.05, 0) is 25.0 Å². The van der Waals surface area contributed by atoms with Crippen LogP contribution in [0.15, 0.2) is 18.3 Å². The van der Waals surface area contributed by atoms with Crippen molar-refractivity contribution in [2.75, 3.05) is 18.5 Å². The van der Waals surface area contributed by atoms with Gasteiger partial charge in [0, 0.05) is 25.8 Å². The van der Waals surface area contributed by atoms with Crippen molar-refractivity contribution in [3.8, 4) is 0 Å². The lowest BCUT2D eigenvalue weighted by molar-refractivity contribution is 0.756. The number of pyridine rings is 1. The van der Waals surface area contributed by atoms with Gasteiger partial charge in [-0.15, -0.1) is 0 Å². The lowest BCUT2D eigenvalue weighted by atomic mass is 10.1. The van der Waals surface area contributed by atoms with E-state index in [0.29, 0.717) is 0 Å². The molecule has 0 aromatic carbocycles. The summed E-state index contributed by atoms with van der Waals surface area (Å²) in [5, 5.41) is 0. The van der Waals surface area contributed by atoms with E-state index in [0.717, 1.165) is 17.9 Å². The highest BCUT2D eigenvalue weighted by Gasteiger charge is 2.03. The molecule has 0 aliphatic carbocycles. The highest BCUT2D eigenvalue weighted by atomic mass is 15.2. The predicted molar refractivity (Wildman–Crippen MR) is 65.0 cm³/mol.